The molecular weight excluding hydrogens is 330 g/mol. The topological polar surface area (TPSA) is 79.8 Å². The lowest BCUT2D eigenvalue weighted by atomic mass is 10.2. The van der Waals surface area contributed by atoms with Crippen LogP contribution in [-0.2, 0) is 4.79 Å². The maximum atomic E-state index is 11.9. The Kier molecular flexibility index (Phi) is 6.33. The van der Waals surface area contributed by atoms with Crippen LogP contribution in [0.3, 0.4) is 0 Å². The van der Waals surface area contributed by atoms with Crippen molar-refractivity contribution in [2.24, 2.45) is 5.10 Å². The molecule has 0 unspecified atom stereocenters. The van der Waals surface area contributed by atoms with E-state index in [9.17, 15) is 9.59 Å². The van der Waals surface area contributed by atoms with Gasteiger partial charge in [-0.15, -0.1) is 0 Å². The number of hydrazone groups is 1. The van der Waals surface area contributed by atoms with E-state index in [1.165, 1.54) is 6.21 Å². The zero-order valence-electron chi connectivity index (χ0n) is 13.0. The standard InChI is InChI=1S/C17H16ClN3O3/c1-24-15-9-5-2-6-12(15)10-20-21-16(22)11-19-17(23)13-7-3-4-8-14(13)18/h2-10H,11H2,1H3,(H,19,23)(H,21,22)/b20-10+. The van der Waals surface area contributed by atoms with Gasteiger partial charge in [-0.05, 0) is 24.3 Å². The van der Waals surface area contributed by atoms with Gasteiger partial charge in [0.1, 0.15) is 5.75 Å². The molecule has 0 aliphatic heterocycles. The predicted octanol–water partition coefficient (Wildman–Crippen LogP) is 2.23. The first-order chi connectivity index (χ1) is 11.6. The summed E-state index contributed by atoms with van der Waals surface area (Å²) in [5.74, 6) is -0.242. The van der Waals surface area contributed by atoms with Crippen LogP contribution in [0.1, 0.15) is 15.9 Å². The van der Waals surface area contributed by atoms with Gasteiger partial charge >= 0.3 is 0 Å². The van der Waals surface area contributed by atoms with E-state index in [-0.39, 0.29) is 6.54 Å². The van der Waals surface area contributed by atoms with E-state index in [1.807, 2.05) is 12.1 Å². The Morgan fingerprint density at radius 2 is 1.88 bits per heavy atom. The second kappa shape index (κ2) is 8.69. The number of para-hydroxylation sites is 1. The summed E-state index contributed by atoms with van der Waals surface area (Å²) in [6.45, 7) is -0.215. The third-order valence-corrected chi connectivity index (χ3v) is 3.39. The molecule has 0 aliphatic rings. The summed E-state index contributed by atoms with van der Waals surface area (Å²) in [6.07, 6.45) is 1.46. The number of carbonyl (C=O) groups excluding carboxylic acids is 2. The molecule has 0 bridgehead atoms. The van der Waals surface area contributed by atoms with Crippen molar-refractivity contribution in [3.63, 3.8) is 0 Å². The minimum Gasteiger partial charge on any atom is -0.496 e. The Morgan fingerprint density at radius 1 is 1.17 bits per heavy atom. The highest BCUT2D eigenvalue weighted by Crippen LogP contribution is 2.15. The zero-order valence-corrected chi connectivity index (χ0v) is 13.7. The number of rotatable bonds is 6. The highest BCUT2D eigenvalue weighted by molar-refractivity contribution is 6.33. The molecule has 2 aromatic carbocycles. The van der Waals surface area contributed by atoms with Crippen molar-refractivity contribution in [2.45, 2.75) is 0 Å². The molecule has 0 aromatic heterocycles. The summed E-state index contributed by atoms with van der Waals surface area (Å²) in [5, 5.41) is 6.64. The van der Waals surface area contributed by atoms with E-state index in [0.29, 0.717) is 16.3 Å². The van der Waals surface area contributed by atoms with Crippen molar-refractivity contribution < 1.29 is 14.3 Å². The van der Waals surface area contributed by atoms with Crippen LogP contribution in [0.4, 0.5) is 0 Å². The van der Waals surface area contributed by atoms with E-state index in [2.05, 4.69) is 15.8 Å². The van der Waals surface area contributed by atoms with Crippen LogP contribution in [0.25, 0.3) is 0 Å². The van der Waals surface area contributed by atoms with E-state index < -0.39 is 11.8 Å². The van der Waals surface area contributed by atoms with Crippen molar-refractivity contribution in [1.29, 1.82) is 0 Å². The Bertz CT molecular complexity index is 762. The number of amides is 2. The fourth-order valence-electron chi connectivity index (χ4n) is 1.89. The fraction of sp³-hybridized carbons (Fsp3) is 0.118. The molecule has 2 amide bonds. The van der Waals surface area contributed by atoms with Crippen LogP contribution in [0.5, 0.6) is 5.75 Å². The summed E-state index contributed by atoms with van der Waals surface area (Å²) in [5.41, 5.74) is 3.36. The second-order valence-electron chi connectivity index (χ2n) is 4.70. The smallest absolute Gasteiger partial charge is 0.259 e. The van der Waals surface area contributed by atoms with Gasteiger partial charge in [0.05, 0.1) is 30.5 Å². The van der Waals surface area contributed by atoms with Crippen LogP contribution < -0.4 is 15.5 Å². The van der Waals surface area contributed by atoms with Crippen molar-refractivity contribution in [3.8, 4) is 5.75 Å². The van der Waals surface area contributed by atoms with Crippen molar-refractivity contribution in [2.75, 3.05) is 13.7 Å². The molecule has 0 radical (unpaired) electrons. The molecule has 0 aliphatic carbocycles. The molecule has 124 valence electrons. The van der Waals surface area contributed by atoms with Gasteiger partial charge in [-0.2, -0.15) is 5.10 Å². The lowest BCUT2D eigenvalue weighted by molar-refractivity contribution is -0.120. The molecule has 2 N–H and O–H groups in total. The summed E-state index contributed by atoms with van der Waals surface area (Å²) in [4.78, 5) is 23.6. The van der Waals surface area contributed by atoms with Crippen molar-refractivity contribution in [3.05, 3.63) is 64.7 Å². The Balaban J connectivity index is 1.84. The molecule has 24 heavy (non-hydrogen) atoms. The monoisotopic (exact) mass is 345 g/mol. The van der Waals surface area contributed by atoms with Gasteiger partial charge in [-0.3, -0.25) is 9.59 Å². The maximum Gasteiger partial charge on any atom is 0.259 e. The summed E-state index contributed by atoms with van der Waals surface area (Å²) >= 11 is 5.92. The Morgan fingerprint density at radius 3 is 2.62 bits per heavy atom. The predicted molar refractivity (Wildman–Crippen MR) is 92.5 cm³/mol. The third kappa shape index (κ3) is 4.82. The molecule has 6 nitrogen and oxygen atoms in total. The lowest BCUT2D eigenvalue weighted by Gasteiger charge is -2.06. The molecule has 7 heteroatoms. The number of halogens is 1. The van der Waals surface area contributed by atoms with E-state index in [0.717, 1.165) is 5.56 Å². The van der Waals surface area contributed by atoms with Crippen molar-refractivity contribution in [1.82, 2.24) is 10.7 Å². The molecule has 2 rings (SSSR count). The van der Waals surface area contributed by atoms with Crippen LogP contribution >= 0.6 is 11.6 Å². The minimum absolute atomic E-state index is 0.215. The van der Waals surface area contributed by atoms with Crippen LogP contribution in [0, 0.1) is 0 Å². The van der Waals surface area contributed by atoms with E-state index in [4.69, 9.17) is 16.3 Å². The summed E-state index contributed by atoms with van der Waals surface area (Å²) in [7, 11) is 1.55. The van der Waals surface area contributed by atoms with Gasteiger partial charge in [0.15, 0.2) is 0 Å². The SMILES string of the molecule is COc1ccccc1/C=N/NC(=O)CNC(=O)c1ccccc1Cl. The normalized spacial score (nSPS) is 10.4. The third-order valence-electron chi connectivity index (χ3n) is 3.06. The first kappa shape index (κ1) is 17.5. The molecule has 0 fully saturated rings. The van der Waals surface area contributed by atoms with Gasteiger partial charge in [-0.25, -0.2) is 5.43 Å². The Hall–Kier alpha value is -2.86. The molecule has 2 aromatic rings. The van der Waals surface area contributed by atoms with E-state index >= 15 is 0 Å². The molecule has 0 heterocycles. The van der Waals surface area contributed by atoms with Gasteiger partial charge in [0.25, 0.3) is 11.8 Å². The number of hydrogen-bond donors (Lipinski definition) is 2. The minimum atomic E-state index is -0.457. The van der Waals surface area contributed by atoms with Crippen LogP contribution in [0.15, 0.2) is 53.6 Å². The largest absolute Gasteiger partial charge is 0.496 e. The number of ether oxygens (including phenoxy) is 1. The number of methoxy groups -OCH3 is 1. The molecule has 0 atom stereocenters. The number of nitrogens with zero attached hydrogens (tertiary/aromatic N) is 1. The summed E-state index contributed by atoms with van der Waals surface area (Å²) < 4.78 is 5.17. The molecule has 0 saturated carbocycles. The molecular formula is C17H16ClN3O3. The van der Waals surface area contributed by atoms with Crippen LogP contribution in [-0.4, -0.2) is 31.7 Å². The maximum absolute atomic E-state index is 11.9. The molecule has 0 spiro atoms. The van der Waals surface area contributed by atoms with Crippen molar-refractivity contribution >= 4 is 29.6 Å². The van der Waals surface area contributed by atoms with Gasteiger partial charge in [-0.1, -0.05) is 35.9 Å². The first-order valence-corrected chi connectivity index (χ1v) is 7.47. The highest BCUT2D eigenvalue weighted by atomic mass is 35.5. The van der Waals surface area contributed by atoms with Gasteiger partial charge < -0.3 is 10.1 Å². The molecule has 0 saturated heterocycles. The average Bonchev–Trinajstić information content (AvgIpc) is 2.60. The lowest BCUT2D eigenvalue weighted by Crippen LogP contribution is -2.35. The van der Waals surface area contributed by atoms with Crippen LogP contribution in [0.2, 0.25) is 5.02 Å². The van der Waals surface area contributed by atoms with Gasteiger partial charge in [0, 0.05) is 5.56 Å². The van der Waals surface area contributed by atoms with E-state index in [1.54, 1.807) is 43.5 Å². The zero-order chi connectivity index (χ0) is 17.4. The quantitative estimate of drug-likeness (QED) is 0.622. The number of carbonyl (C=O) groups is 2. The first-order valence-electron chi connectivity index (χ1n) is 7.09. The highest BCUT2D eigenvalue weighted by Gasteiger charge is 2.10. The number of hydrogen-bond acceptors (Lipinski definition) is 4. The number of nitrogens with one attached hydrogen (secondary N) is 2. The summed E-state index contributed by atoms with van der Waals surface area (Å²) in [6, 6.07) is 13.8. The Labute approximate surface area is 144 Å². The average molecular weight is 346 g/mol. The second-order valence-corrected chi connectivity index (χ2v) is 5.10. The fourth-order valence-corrected chi connectivity index (χ4v) is 2.11. The number of benzene rings is 2. The van der Waals surface area contributed by atoms with Gasteiger partial charge in [0.2, 0.25) is 0 Å².